The van der Waals surface area contributed by atoms with Crippen molar-refractivity contribution >= 4 is 28.5 Å². The first-order chi connectivity index (χ1) is 10.5. The van der Waals surface area contributed by atoms with Crippen LogP contribution < -0.4 is 0 Å². The number of aliphatic imine (C=N–C) groups is 1. The zero-order valence-corrected chi connectivity index (χ0v) is 16.2. The molecule has 1 heterocycles. The van der Waals surface area contributed by atoms with Crippen LogP contribution in [0.4, 0.5) is 5.69 Å². The first-order valence-corrected chi connectivity index (χ1v) is 9.10. The van der Waals surface area contributed by atoms with Crippen molar-refractivity contribution in [1.29, 1.82) is 0 Å². The lowest BCUT2D eigenvalue weighted by Gasteiger charge is -2.32. The van der Waals surface area contributed by atoms with Gasteiger partial charge in [0.05, 0.1) is 11.2 Å². The maximum Gasteiger partial charge on any atom is 0.229 e. The lowest BCUT2D eigenvalue weighted by molar-refractivity contribution is -0.131. The Balaban J connectivity index is 2.38. The van der Waals surface area contributed by atoms with Gasteiger partial charge in [-0.3, -0.25) is 9.69 Å². The summed E-state index contributed by atoms with van der Waals surface area (Å²) in [5.74, 6) is 1.05. The average molecular weight is 333 g/mol. The quantitative estimate of drug-likeness (QED) is 0.756. The third-order valence-corrected chi connectivity index (χ3v) is 5.25. The Morgan fingerprint density at radius 3 is 2.57 bits per heavy atom. The summed E-state index contributed by atoms with van der Waals surface area (Å²) in [6, 6.07) is 6.26. The van der Waals surface area contributed by atoms with E-state index < -0.39 is 0 Å². The maximum atomic E-state index is 12.9. The minimum Gasteiger partial charge on any atom is -0.285 e. The monoisotopic (exact) mass is 332 g/mol. The molecule has 23 heavy (non-hydrogen) atoms. The highest BCUT2D eigenvalue weighted by Gasteiger charge is 2.42. The Kier molecular flexibility index (Phi) is 4.95. The molecule has 3 nitrogen and oxygen atoms in total. The van der Waals surface area contributed by atoms with Crippen molar-refractivity contribution in [3.8, 4) is 0 Å². The predicted octanol–water partition coefficient (Wildman–Crippen LogP) is 5.08. The van der Waals surface area contributed by atoms with Crippen LogP contribution in [0.5, 0.6) is 0 Å². The molecule has 1 amide bonds. The van der Waals surface area contributed by atoms with Gasteiger partial charge in [-0.2, -0.15) is 0 Å². The van der Waals surface area contributed by atoms with Crippen LogP contribution in [0.2, 0.25) is 0 Å². The molecule has 0 spiro atoms. The molecule has 2 rings (SSSR count). The summed E-state index contributed by atoms with van der Waals surface area (Å²) in [7, 11) is 0. The van der Waals surface area contributed by atoms with Crippen LogP contribution in [-0.2, 0) is 4.79 Å². The number of hydrogen-bond acceptors (Lipinski definition) is 3. The molecule has 0 bridgehead atoms. The molecule has 126 valence electrons. The van der Waals surface area contributed by atoms with Gasteiger partial charge >= 0.3 is 0 Å². The first kappa shape index (κ1) is 18.1. The van der Waals surface area contributed by atoms with E-state index in [0.717, 1.165) is 22.2 Å². The van der Waals surface area contributed by atoms with Crippen molar-refractivity contribution in [2.75, 3.05) is 5.75 Å². The third kappa shape index (κ3) is 4.37. The van der Waals surface area contributed by atoms with E-state index >= 15 is 0 Å². The van der Waals surface area contributed by atoms with E-state index in [-0.39, 0.29) is 16.9 Å². The van der Waals surface area contributed by atoms with Gasteiger partial charge in [-0.05, 0) is 50.3 Å². The molecule has 0 atom stereocenters. The van der Waals surface area contributed by atoms with E-state index in [0.29, 0.717) is 6.42 Å². The molecular formula is C19H28N2OS. The van der Waals surface area contributed by atoms with Crippen LogP contribution in [0, 0.1) is 19.3 Å². The fourth-order valence-corrected chi connectivity index (χ4v) is 3.88. The van der Waals surface area contributed by atoms with Gasteiger partial charge in [-0.1, -0.05) is 44.7 Å². The van der Waals surface area contributed by atoms with Crippen molar-refractivity contribution in [2.45, 2.75) is 60.4 Å². The van der Waals surface area contributed by atoms with E-state index in [1.54, 1.807) is 11.8 Å². The van der Waals surface area contributed by atoms with Gasteiger partial charge < -0.3 is 0 Å². The standard InChI is InChI=1S/C19H28N2OS/c1-13-8-9-14(2)15(10-13)20-17-21(19(6,7)12-23-17)16(22)11-18(3,4)5/h8-10H,11-12H2,1-7H3. The highest BCUT2D eigenvalue weighted by atomic mass is 32.2. The lowest BCUT2D eigenvalue weighted by atomic mass is 9.91. The van der Waals surface area contributed by atoms with Gasteiger partial charge in [-0.25, -0.2) is 4.99 Å². The molecule has 1 aliphatic heterocycles. The van der Waals surface area contributed by atoms with Crippen LogP contribution in [0.3, 0.4) is 0 Å². The number of carbonyl (C=O) groups excluding carboxylic acids is 1. The summed E-state index contributed by atoms with van der Waals surface area (Å²) in [6.45, 7) is 14.7. The number of nitrogens with zero attached hydrogens (tertiary/aromatic N) is 2. The normalized spacial score (nSPS) is 19.4. The first-order valence-electron chi connectivity index (χ1n) is 8.11. The fraction of sp³-hybridized carbons (Fsp3) is 0.579. The number of amidine groups is 1. The minimum absolute atomic E-state index is 0.0230. The zero-order valence-electron chi connectivity index (χ0n) is 15.4. The third-order valence-electron chi connectivity index (χ3n) is 3.86. The van der Waals surface area contributed by atoms with Crippen LogP contribution >= 0.6 is 11.8 Å². The number of amides is 1. The molecule has 0 radical (unpaired) electrons. The van der Waals surface area contributed by atoms with E-state index in [1.165, 1.54) is 5.56 Å². The number of aryl methyl sites for hydroxylation is 2. The number of thioether (sulfide) groups is 1. The summed E-state index contributed by atoms with van der Waals surface area (Å²) in [4.78, 5) is 19.6. The second kappa shape index (κ2) is 6.31. The van der Waals surface area contributed by atoms with Crippen LogP contribution in [0.15, 0.2) is 23.2 Å². The van der Waals surface area contributed by atoms with Gasteiger partial charge in [-0.15, -0.1) is 0 Å². The van der Waals surface area contributed by atoms with Crippen molar-refractivity contribution in [1.82, 2.24) is 4.90 Å². The predicted molar refractivity (Wildman–Crippen MR) is 100 cm³/mol. The molecular weight excluding hydrogens is 304 g/mol. The fourth-order valence-electron chi connectivity index (χ4n) is 2.63. The summed E-state index contributed by atoms with van der Waals surface area (Å²) < 4.78 is 0. The SMILES string of the molecule is Cc1ccc(C)c(N=C2SCC(C)(C)N2C(=O)CC(C)(C)C)c1. The second-order valence-corrected chi connectivity index (χ2v) is 9.19. The summed E-state index contributed by atoms with van der Waals surface area (Å²) in [6.07, 6.45) is 0.531. The number of hydrogen-bond donors (Lipinski definition) is 0. The Morgan fingerprint density at radius 1 is 1.30 bits per heavy atom. The van der Waals surface area contributed by atoms with Gasteiger partial charge in [0.1, 0.15) is 0 Å². The molecule has 0 saturated carbocycles. The van der Waals surface area contributed by atoms with Crippen molar-refractivity contribution in [3.63, 3.8) is 0 Å². The highest BCUT2D eigenvalue weighted by molar-refractivity contribution is 8.14. The number of rotatable bonds is 2. The average Bonchev–Trinajstić information content (AvgIpc) is 2.67. The molecule has 0 aromatic heterocycles. The van der Waals surface area contributed by atoms with E-state index in [2.05, 4.69) is 66.7 Å². The van der Waals surface area contributed by atoms with Crippen molar-refractivity contribution in [2.24, 2.45) is 10.4 Å². The summed E-state index contributed by atoms with van der Waals surface area (Å²) in [5, 5.41) is 0.831. The molecule has 1 fully saturated rings. The minimum atomic E-state index is -0.191. The Labute approximate surface area is 144 Å². The van der Waals surface area contributed by atoms with Gasteiger partial charge in [0, 0.05) is 12.2 Å². The van der Waals surface area contributed by atoms with Gasteiger partial charge in [0.2, 0.25) is 5.91 Å². The Hall–Kier alpha value is -1.29. The molecule has 0 N–H and O–H groups in total. The smallest absolute Gasteiger partial charge is 0.229 e. The lowest BCUT2D eigenvalue weighted by Crippen LogP contribution is -2.47. The Bertz CT molecular complexity index is 641. The number of benzene rings is 1. The number of carbonyl (C=O) groups is 1. The Morgan fingerprint density at radius 2 is 1.96 bits per heavy atom. The van der Waals surface area contributed by atoms with E-state index in [4.69, 9.17) is 4.99 Å². The molecule has 1 aliphatic rings. The largest absolute Gasteiger partial charge is 0.285 e. The molecule has 0 unspecified atom stereocenters. The molecule has 4 heteroatoms. The topological polar surface area (TPSA) is 32.7 Å². The summed E-state index contributed by atoms with van der Waals surface area (Å²) in [5.41, 5.74) is 3.06. The van der Waals surface area contributed by atoms with Crippen LogP contribution in [0.25, 0.3) is 0 Å². The highest BCUT2D eigenvalue weighted by Crippen LogP contribution is 2.37. The molecule has 1 saturated heterocycles. The molecule has 1 aromatic rings. The molecule has 1 aromatic carbocycles. The van der Waals surface area contributed by atoms with Crippen LogP contribution in [0.1, 0.15) is 52.2 Å². The van der Waals surface area contributed by atoms with Crippen LogP contribution in [-0.4, -0.2) is 27.3 Å². The van der Waals surface area contributed by atoms with E-state index in [1.807, 2.05) is 4.90 Å². The van der Waals surface area contributed by atoms with Crippen molar-refractivity contribution in [3.05, 3.63) is 29.3 Å². The van der Waals surface area contributed by atoms with Crippen molar-refractivity contribution < 1.29 is 4.79 Å². The maximum absolute atomic E-state index is 12.9. The second-order valence-electron chi connectivity index (χ2n) is 8.25. The van der Waals surface area contributed by atoms with Gasteiger partial charge in [0.25, 0.3) is 0 Å². The summed E-state index contributed by atoms with van der Waals surface area (Å²) >= 11 is 1.68. The zero-order chi connectivity index (χ0) is 17.4. The van der Waals surface area contributed by atoms with E-state index in [9.17, 15) is 4.79 Å². The van der Waals surface area contributed by atoms with Gasteiger partial charge in [0.15, 0.2) is 5.17 Å². The molecule has 0 aliphatic carbocycles.